The van der Waals surface area contributed by atoms with Crippen LogP contribution in [0.2, 0.25) is 5.02 Å². The molecule has 0 unspecified atom stereocenters. The molecule has 0 aliphatic carbocycles. The van der Waals surface area contributed by atoms with E-state index in [9.17, 15) is 22.4 Å². The maximum Gasteiger partial charge on any atom is 0.417 e. The summed E-state index contributed by atoms with van der Waals surface area (Å²) in [5.41, 5.74) is -0.987. The van der Waals surface area contributed by atoms with Crippen LogP contribution in [-0.4, -0.2) is 21.1 Å². The summed E-state index contributed by atoms with van der Waals surface area (Å²) >= 11 is 5.61. The zero-order valence-corrected chi connectivity index (χ0v) is 19.6. The van der Waals surface area contributed by atoms with Gasteiger partial charge in [0.05, 0.1) is 22.7 Å². The van der Waals surface area contributed by atoms with Gasteiger partial charge >= 0.3 is 11.9 Å². The molecule has 3 aliphatic rings. The number of benzene rings is 2. The van der Waals surface area contributed by atoms with Gasteiger partial charge in [-0.15, -0.1) is 0 Å². The number of alkyl halides is 3. The monoisotopic (exact) mass is 521 g/mol. The van der Waals surface area contributed by atoms with Crippen LogP contribution in [0.15, 0.2) is 47.3 Å². The molecule has 0 N–H and O–H groups in total. The predicted molar refractivity (Wildman–Crippen MR) is 123 cm³/mol. The van der Waals surface area contributed by atoms with E-state index in [1.807, 2.05) is 0 Å². The van der Waals surface area contributed by atoms with Crippen molar-refractivity contribution in [1.29, 1.82) is 0 Å². The molecule has 0 saturated carbocycles. The van der Waals surface area contributed by atoms with Gasteiger partial charge < -0.3 is 14.4 Å². The SMILES string of the molecule is O=c1nc(OCc2ccc(Oc3ccc(Cl)c(C(F)(F)F)c3)c(F)c2)cc2n1CC13CCC(CC1)N23. The molecular weight excluding hydrogens is 502 g/mol. The molecule has 6 rings (SSSR count). The molecule has 0 spiro atoms. The number of anilines is 1. The third-order valence-corrected chi connectivity index (χ3v) is 7.61. The maximum absolute atomic E-state index is 14.7. The number of rotatable bonds is 5. The van der Waals surface area contributed by atoms with Crippen molar-refractivity contribution in [2.24, 2.45) is 0 Å². The molecule has 1 aromatic heterocycles. The number of ether oxygens (including phenoxy) is 2. The highest BCUT2D eigenvalue weighted by Gasteiger charge is 2.56. The Balaban J connectivity index is 1.17. The molecular formula is C25H20ClF4N3O3. The maximum atomic E-state index is 14.7. The molecule has 3 aliphatic heterocycles. The van der Waals surface area contributed by atoms with Gasteiger partial charge in [-0.05, 0) is 61.6 Å². The topological polar surface area (TPSA) is 56.6 Å². The summed E-state index contributed by atoms with van der Waals surface area (Å²) in [4.78, 5) is 19.0. The van der Waals surface area contributed by atoms with E-state index >= 15 is 0 Å². The first-order chi connectivity index (χ1) is 17.1. The summed E-state index contributed by atoms with van der Waals surface area (Å²) in [7, 11) is 0. The number of fused-ring (bicyclic) bond motifs is 1. The van der Waals surface area contributed by atoms with Crippen LogP contribution in [-0.2, 0) is 19.3 Å². The zero-order valence-electron chi connectivity index (χ0n) is 18.8. The largest absolute Gasteiger partial charge is 0.473 e. The lowest BCUT2D eigenvalue weighted by atomic mass is 9.88. The van der Waals surface area contributed by atoms with Crippen molar-refractivity contribution in [2.45, 2.75) is 56.6 Å². The molecule has 2 fully saturated rings. The number of nitrogens with zero attached hydrogens (tertiary/aromatic N) is 3. The minimum Gasteiger partial charge on any atom is -0.473 e. The second kappa shape index (κ2) is 8.12. The summed E-state index contributed by atoms with van der Waals surface area (Å²) < 4.78 is 66.6. The summed E-state index contributed by atoms with van der Waals surface area (Å²) in [6.45, 7) is 0.594. The van der Waals surface area contributed by atoms with Crippen LogP contribution in [0.4, 0.5) is 23.4 Å². The Bertz CT molecular complexity index is 1420. The fraction of sp³-hybridized carbons (Fsp3) is 0.360. The van der Waals surface area contributed by atoms with Gasteiger partial charge in [-0.1, -0.05) is 17.7 Å². The highest BCUT2D eigenvalue weighted by atomic mass is 35.5. The van der Waals surface area contributed by atoms with E-state index in [2.05, 4.69) is 9.88 Å². The highest BCUT2D eigenvalue weighted by Crippen LogP contribution is 2.53. The van der Waals surface area contributed by atoms with E-state index in [1.165, 1.54) is 18.2 Å². The fourth-order valence-electron chi connectivity index (χ4n) is 5.67. The molecule has 188 valence electrons. The zero-order chi connectivity index (χ0) is 25.2. The Labute approximate surface area is 208 Å². The van der Waals surface area contributed by atoms with Gasteiger partial charge in [0.25, 0.3) is 0 Å². The van der Waals surface area contributed by atoms with Crippen molar-refractivity contribution in [1.82, 2.24) is 9.55 Å². The fourth-order valence-corrected chi connectivity index (χ4v) is 5.89. The minimum absolute atomic E-state index is 0.0149. The van der Waals surface area contributed by atoms with E-state index in [-0.39, 0.29) is 35.2 Å². The van der Waals surface area contributed by atoms with Crippen molar-refractivity contribution in [3.8, 4) is 17.4 Å². The smallest absolute Gasteiger partial charge is 0.417 e. The van der Waals surface area contributed by atoms with E-state index < -0.39 is 22.6 Å². The summed E-state index contributed by atoms with van der Waals surface area (Å²) in [5, 5.41) is -0.477. The van der Waals surface area contributed by atoms with Crippen LogP contribution in [0.5, 0.6) is 17.4 Å². The van der Waals surface area contributed by atoms with Crippen LogP contribution in [0.25, 0.3) is 0 Å². The molecule has 0 atom stereocenters. The Hall–Kier alpha value is -3.27. The molecule has 11 heteroatoms. The second-order valence-electron chi connectivity index (χ2n) is 9.44. The molecule has 0 radical (unpaired) electrons. The molecule has 0 amide bonds. The molecule has 2 aromatic carbocycles. The average Bonchev–Trinajstić information content (AvgIpc) is 3.46. The number of aromatic nitrogens is 2. The van der Waals surface area contributed by atoms with Crippen molar-refractivity contribution in [3.63, 3.8) is 0 Å². The van der Waals surface area contributed by atoms with Crippen molar-refractivity contribution >= 4 is 17.4 Å². The van der Waals surface area contributed by atoms with E-state index in [0.29, 0.717) is 24.2 Å². The minimum atomic E-state index is -4.67. The molecule has 6 nitrogen and oxygen atoms in total. The molecule has 3 aromatic rings. The Morgan fingerprint density at radius 1 is 1.11 bits per heavy atom. The number of halogens is 5. The molecule has 4 heterocycles. The van der Waals surface area contributed by atoms with Gasteiger partial charge in [0.1, 0.15) is 18.2 Å². The third-order valence-electron chi connectivity index (χ3n) is 7.28. The quantitative estimate of drug-likeness (QED) is 0.389. The van der Waals surface area contributed by atoms with Crippen molar-refractivity contribution in [2.75, 3.05) is 4.90 Å². The summed E-state index contributed by atoms with van der Waals surface area (Å²) in [6.07, 6.45) is -0.298. The molecule has 2 saturated heterocycles. The lowest BCUT2D eigenvalue weighted by Crippen LogP contribution is -2.38. The van der Waals surface area contributed by atoms with Crippen LogP contribution in [0.3, 0.4) is 0 Å². The van der Waals surface area contributed by atoms with Crippen LogP contribution >= 0.6 is 11.6 Å². The first kappa shape index (κ1) is 23.1. The first-order valence-electron chi connectivity index (χ1n) is 11.5. The third kappa shape index (κ3) is 3.78. The number of hydrogen-bond acceptors (Lipinski definition) is 5. The van der Waals surface area contributed by atoms with Gasteiger partial charge in [-0.3, -0.25) is 4.57 Å². The van der Waals surface area contributed by atoms with Gasteiger partial charge in [0.15, 0.2) is 11.6 Å². The van der Waals surface area contributed by atoms with Gasteiger partial charge in [0, 0.05) is 12.1 Å². The van der Waals surface area contributed by atoms with E-state index in [4.69, 9.17) is 21.1 Å². The normalized spacial score (nSPS) is 22.0. The standard InChI is InChI=1S/C25H20ClF4N3O3/c26-18-3-2-16(10-17(18)25(28,29)30)36-20-4-1-14(9-19(20)27)12-35-21-11-22-32(23(34)31-21)13-24-7-5-15(6-8-24)33(22)24/h1-4,9-11,15H,5-8,12-13H2. The summed E-state index contributed by atoms with van der Waals surface area (Å²) in [6, 6.07) is 9.16. The van der Waals surface area contributed by atoms with Gasteiger partial charge in [0.2, 0.25) is 5.88 Å². The Morgan fingerprint density at radius 3 is 2.61 bits per heavy atom. The second-order valence-corrected chi connectivity index (χ2v) is 9.85. The summed E-state index contributed by atoms with van der Waals surface area (Å²) in [5.74, 6) is -0.251. The van der Waals surface area contributed by atoms with Crippen LogP contribution in [0, 0.1) is 5.82 Å². The van der Waals surface area contributed by atoms with E-state index in [1.54, 1.807) is 10.6 Å². The van der Waals surface area contributed by atoms with E-state index in [0.717, 1.165) is 43.6 Å². The number of hydrogen-bond donors (Lipinski definition) is 0. The van der Waals surface area contributed by atoms with Gasteiger partial charge in [-0.2, -0.15) is 18.2 Å². The predicted octanol–water partition coefficient (Wildman–Crippen LogP) is 5.94. The van der Waals surface area contributed by atoms with Crippen molar-refractivity contribution < 1.29 is 27.0 Å². The Morgan fingerprint density at radius 2 is 1.89 bits per heavy atom. The van der Waals surface area contributed by atoms with Crippen LogP contribution in [0.1, 0.15) is 36.8 Å². The first-order valence-corrected chi connectivity index (χ1v) is 11.9. The molecule has 36 heavy (non-hydrogen) atoms. The van der Waals surface area contributed by atoms with Gasteiger partial charge in [-0.25, -0.2) is 9.18 Å². The highest BCUT2D eigenvalue weighted by molar-refractivity contribution is 6.31. The average molecular weight is 522 g/mol. The van der Waals surface area contributed by atoms with Crippen molar-refractivity contribution in [3.05, 3.63) is 74.9 Å². The Kier molecular flexibility index (Phi) is 5.22. The lowest BCUT2D eigenvalue weighted by Gasteiger charge is -2.27. The molecule has 2 bridgehead atoms. The lowest BCUT2D eigenvalue weighted by molar-refractivity contribution is -0.137. The van der Waals surface area contributed by atoms with Crippen LogP contribution < -0.4 is 20.1 Å².